The normalized spacial score (nSPS) is 15.2. The highest BCUT2D eigenvalue weighted by Crippen LogP contribution is 2.22. The van der Waals surface area contributed by atoms with Gasteiger partial charge in [-0.2, -0.15) is 0 Å². The summed E-state index contributed by atoms with van der Waals surface area (Å²) in [6.07, 6.45) is 0.00319. The van der Waals surface area contributed by atoms with E-state index in [2.05, 4.69) is 0 Å². The van der Waals surface area contributed by atoms with Crippen LogP contribution in [0.15, 0.2) is 24.3 Å². The number of hydrogen-bond acceptors (Lipinski definition) is 11. The quantitative estimate of drug-likeness (QED) is 0.211. The van der Waals surface area contributed by atoms with E-state index in [1.807, 2.05) is 0 Å². The molecule has 2 aliphatic rings. The van der Waals surface area contributed by atoms with E-state index in [-0.39, 0.29) is 45.7 Å². The highest BCUT2D eigenvalue weighted by Gasteiger charge is 2.36. The lowest BCUT2D eigenvalue weighted by Crippen LogP contribution is -2.32. The van der Waals surface area contributed by atoms with Gasteiger partial charge in [0, 0.05) is 12.8 Å². The summed E-state index contributed by atoms with van der Waals surface area (Å²) in [5.74, 6) is -2.74. The molecule has 1 aromatic rings. The van der Waals surface area contributed by atoms with E-state index in [1.54, 1.807) is 24.3 Å². The maximum absolute atomic E-state index is 12.1. The highest BCUT2D eigenvalue weighted by atomic mass is 16.7. The first-order valence-electron chi connectivity index (χ1n) is 11.5. The van der Waals surface area contributed by atoms with Crippen LogP contribution in [-0.2, 0) is 43.0 Å². The van der Waals surface area contributed by atoms with Crippen LogP contribution in [0.1, 0.15) is 40.0 Å². The van der Waals surface area contributed by atoms with Crippen LogP contribution in [0, 0.1) is 0 Å². The van der Waals surface area contributed by atoms with E-state index in [4.69, 9.17) is 28.6 Å². The Morgan fingerprint density at radius 1 is 0.639 bits per heavy atom. The Kier molecular flexibility index (Phi) is 10.9. The van der Waals surface area contributed by atoms with E-state index in [0.717, 1.165) is 5.06 Å². The summed E-state index contributed by atoms with van der Waals surface area (Å²) in [6, 6.07) is 6.52. The Hall–Kier alpha value is -3.23. The summed E-state index contributed by atoms with van der Waals surface area (Å²) in [4.78, 5) is 68.5. The van der Waals surface area contributed by atoms with Gasteiger partial charge in [0.1, 0.15) is 0 Å². The molecule has 0 radical (unpaired) electrons. The molecule has 13 heteroatoms. The number of carbonyl (C=O) groups is 5. The van der Waals surface area contributed by atoms with Gasteiger partial charge < -0.3 is 23.8 Å². The minimum Gasteiger partial charge on any atom is -0.378 e. The molecule has 196 valence electrons. The van der Waals surface area contributed by atoms with Gasteiger partial charge in [0.2, 0.25) is 0 Å². The first kappa shape index (κ1) is 27.4. The average Bonchev–Trinajstić information content (AvgIpc) is 3.32. The van der Waals surface area contributed by atoms with Crippen LogP contribution in [0.4, 0.5) is 0 Å². The van der Waals surface area contributed by atoms with Crippen molar-refractivity contribution >= 4 is 29.6 Å². The van der Waals surface area contributed by atoms with E-state index >= 15 is 0 Å². The third kappa shape index (κ3) is 7.90. The smallest absolute Gasteiger partial charge is 0.335 e. The number of ether oxygens (including phenoxy) is 4. The third-order valence-corrected chi connectivity index (χ3v) is 4.97. The fourth-order valence-corrected chi connectivity index (χ4v) is 3.19. The van der Waals surface area contributed by atoms with Crippen molar-refractivity contribution in [1.82, 2.24) is 10.1 Å². The minimum atomic E-state index is -0.717. The third-order valence-electron chi connectivity index (χ3n) is 4.97. The zero-order valence-corrected chi connectivity index (χ0v) is 19.7. The predicted octanol–water partition coefficient (Wildman–Crippen LogP) is 0.278. The van der Waals surface area contributed by atoms with E-state index in [1.165, 1.54) is 0 Å². The van der Waals surface area contributed by atoms with Gasteiger partial charge in [0.05, 0.1) is 77.0 Å². The molecule has 0 bridgehead atoms. The molecule has 0 N–H and O–H groups in total. The summed E-state index contributed by atoms with van der Waals surface area (Å²) >= 11 is 0. The molecule has 13 nitrogen and oxygen atoms in total. The van der Waals surface area contributed by atoms with Crippen molar-refractivity contribution in [2.75, 3.05) is 59.5 Å². The highest BCUT2D eigenvalue weighted by molar-refractivity contribution is 6.20. The van der Waals surface area contributed by atoms with Gasteiger partial charge in [0.15, 0.2) is 0 Å². The molecule has 4 amide bonds. The van der Waals surface area contributed by atoms with Crippen molar-refractivity contribution in [3.05, 3.63) is 35.4 Å². The second kappa shape index (κ2) is 14.4. The monoisotopic (exact) mass is 508 g/mol. The van der Waals surface area contributed by atoms with Crippen LogP contribution >= 0.6 is 0 Å². The fourth-order valence-electron chi connectivity index (χ4n) is 3.19. The van der Waals surface area contributed by atoms with Crippen LogP contribution in [-0.4, -0.2) is 99.2 Å². The summed E-state index contributed by atoms with van der Waals surface area (Å²) in [5.41, 5.74) is 0.640. The van der Waals surface area contributed by atoms with Crippen LogP contribution in [0.5, 0.6) is 0 Å². The van der Waals surface area contributed by atoms with Gasteiger partial charge >= 0.3 is 5.97 Å². The van der Waals surface area contributed by atoms with Crippen LogP contribution < -0.4 is 0 Å². The Morgan fingerprint density at radius 2 is 1.08 bits per heavy atom. The Morgan fingerprint density at radius 3 is 1.58 bits per heavy atom. The second-order valence-corrected chi connectivity index (χ2v) is 7.53. The fraction of sp³-hybridized carbons (Fsp3) is 0.522. The van der Waals surface area contributed by atoms with E-state index in [0.29, 0.717) is 49.2 Å². The van der Waals surface area contributed by atoms with Crippen LogP contribution in [0.3, 0.4) is 0 Å². The topological polar surface area (TPSA) is 147 Å². The molecule has 3 rings (SSSR count). The van der Waals surface area contributed by atoms with E-state index < -0.39 is 29.6 Å². The molecule has 0 atom stereocenters. The maximum Gasteiger partial charge on any atom is 0.335 e. The Balaban J connectivity index is 1.07. The number of amides is 4. The number of hydroxylamine groups is 4. The molecule has 1 saturated heterocycles. The zero-order chi connectivity index (χ0) is 25.8. The van der Waals surface area contributed by atoms with Gasteiger partial charge in [-0.15, -0.1) is 10.1 Å². The van der Waals surface area contributed by atoms with Gasteiger partial charge in [-0.05, 0) is 12.1 Å². The summed E-state index contributed by atoms with van der Waals surface area (Å²) < 4.78 is 21.3. The van der Waals surface area contributed by atoms with Crippen molar-refractivity contribution in [2.45, 2.75) is 19.3 Å². The van der Waals surface area contributed by atoms with Crippen molar-refractivity contribution < 1.29 is 52.6 Å². The van der Waals surface area contributed by atoms with Gasteiger partial charge in [-0.3, -0.25) is 24.0 Å². The minimum absolute atomic E-state index is 0.0425. The molecule has 1 aromatic carbocycles. The number of imide groups is 2. The van der Waals surface area contributed by atoms with Crippen molar-refractivity contribution in [2.24, 2.45) is 0 Å². The number of fused-ring (bicyclic) bond motifs is 1. The molecule has 0 spiro atoms. The standard InChI is InChI=1S/C23H28N2O11/c26-19-5-6-20(27)24(19)36-21(28)7-8-31-9-10-32-11-12-33-13-14-34-15-16-35-25-22(29)17-3-1-2-4-18(17)23(25)30/h1-4H,5-16H2. The zero-order valence-electron chi connectivity index (χ0n) is 19.7. The number of benzene rings is 1. The van der Waals surface area contributed by atoms with Crippen molar-refractivity contribution in [3.8, 4) is 0 Å². The average molecular weight is 508 g/mol. The molecule has 36 heavy (non-hydrogen) atoms. The molecule has 1 fully saturated rings. The molecular weight excluding hydrogens is 480 g/mol. The molecule has 0 unspecified atom stereocenters. The lowest BCUT2D eigenvalue weighted by molar-refractivity contribution is -0.198. The van der Waals surface area contributed by atoms with Crippen molar-refractivity contribution in [1.29, 1.82) is 0 Å². The number of hydrogen-bond donors (Lipinski definition) is 0. The summed E-state index contributed by atoms with van der Waals surface area (Å²) in [5, 5.41) is 1.25. The first-order valence-corrected chi connectivity index (χ1v) is 11.5. The van der Waals surface area contributed by atoms with Gasteiger partial charge in [-0.25, -0.2) is 4.79 Å². The summed E-state index contributed by atoms with van der Waals surface area (Å²) in [7, 11) is 0. The number of nitrogens with zero attached hydrogens (tertiary/aromatic N) is 2. The predicted molar refractivity (Wildman–Crippen MR) is 118 cm³/mol. The largest absolute Gasteiger partial charge is 0.378 e. The lowest BCUT2D eigenvalue weighted by Gasteiger charge is -2.13. The SMILES string of the molecule is O=C(CCOCCOCCOCCOCCON1C(=O)c2ccccc2C1=O)ON1C(=O)CCC1=O. The molecular formula is C23H28N2O11. The number of carbonyl (C=O) groups excluding carboxylic acids is 5. The van der Waals surface area contributed by atoms with Crippen LogP contribution in [0.25, 0.3) is 0 Å². The molecule has 0 saturated carbocycles. The van der Waals surface area contributed by atoms with Gasteiger partial charge in [-0.1, -0.05) is 12.1 Å². The number of rotatable bonds is 17. The lowest BCUT2D eigenvalue weighted by atomic mass is 10.1. The Bertz CT molecular complexity index is 901. The van der Waals surface area contributed by atoms with E-state index in [9.17, 15) is 24.0 Å². The van der Waals surface area contributed by atoms with Crippen LogP contribution in [0.2, 0.25) is 0 Å². The summed E-state index contributed by atoms with van der Waals surface area (Å²) in [6.45, 7) is 2.17. The maximum atomic E-state index is 12.1. The second-order valence-electron chi connectivity index (χ2n) is 7.53. The molecule has 0 aromatic heterocycles. The van der Waals surface area contributed by atoms with Gasteiger partial charge in [0.25, 0.3) is 23.6 Å². The molecule has 0 aliphatic carbocycles. The molecule has 2 aliphatic heterocycles. The first-order chi connectivity index (χ1) is 17.5. The Labute approximate surface area is 207 Å². The molecule has 2 heterocycles. The van der Waals surface area contributed by atoms with Crippen molar-refractivity contribution in [3.63, 3.8) is 0 Å².